The molecule has 8 heteroatoms. The number of halogens is 1. The largest absolute Gasteiger partial charge is 0.368 e. The molecule has 0 radical (unpaired) electrons. The Labute approximate surface area is 115 Å². The van der Waals surface area contributed by atoms with Gasteiger partial charge in [-0.15, -0.1) is 15.3 Å². The van der Waals surface area contributed by atoms with Crippen molar-refractivity contribution in [2.75, 3.05) is 23.7 Å². The summed E-state index contributed by atoms with van der Waals surface area (Å²) in [5.74, 6) is 1.46. The fourth-order valence-corrected chi connectivity index (χ4v) is 2.23. The van der Waals surface area contributed by atoms with E-state index < -0.39 is 0 Å². The smallest absolute Gasteiger partial charge is 0.247 e. The van der Waals surface area contributed by atoms with Gasteiger partial charge in [0, 0.05) is 13.1 Å². The van der Waals surface area contributed by atoms with Crippen molar-refractivity contribution in [3.63, 3.8) is 0 Å². The summed E-state index contributed by atoms with van der Waals surface area (Å²) < 4.78 is 1.48. The lowest BCUT2D eigenvalue weighted by Crippen LogP contribution is -2.30. The van der Waals surface area contributed by atoms with Crippen molar-refractivity contribution in [1.29, 1.82) is 0 Å². The Morgan fingerprint density at radius 3 is 2.58 bits per heavy atom. The molecule has 0 unspecified atom stereocenters. The summed E-state index contributed by atoms with van der Waals surface area (Å²) in [5, 5.41) is 12.5. The molecule has 1 aliphatic rings. The van der Waals surface area contributed by atoms with E-state index in [0.29, 0.717) is 22.9 Å². The highest BCUT2D eigenvalue weighted by Crippen LogP contribution is 2.19. The van der Waals surface area contributed by atoms with E-state index in [1.165, 1.54) is 11.1 Å². The Balaban J connectivity index is 1.90. The van der Waals surface area contributed by atoms with E-state index in [9.17, 15) is 0 Å². The van der Waals surface area contributed by atoms with E-state index in [1.807, 2.05) is 0 Å². The van der Waals surface area contributed by atoms with Crippen LogP contribution >= 0.6 is 11.6 Å². The number of hydrogen-bond donors (Lipinski definition) is 1. The van der Waals surface area contributed by atoms with Crippen molar-refractivity contribution in [2.45, 2.75) is 19.3 Å². The first-order chi connectivity index (χ1) is 9.24. The summed E-state index contributed by atoms with van der Waals surface area (Å²) in [6, 6.07) is 3.35. The van der Waals surface area contributed by atoms with Gasteiger partial charge in [-0.25, -0.2) is 0 Å². The van der Waals surface area contributed by atoms with Crippen molar-refractivity contribution >= 4 is 23.5 Å². The quantitative estimate of drug-likeness (QED) is 0.891. The lowest BCUT2D eigenvalue weighted by molar-refractivity contribution is 0.567. The minimum Gasteiger partial charge on any atom is -0.368 e. The zero-order valence-electron chi connectivity index (χ0n) is 10.3. The predicted molar refractivity (Wildman–Crippen MR) is 72.4 cm³/mol. The van der Waals surface area contributed by atoms with Gasteiger partial charge in [0.15, 0.2) is 11.0 Å². The Morgan fingerprint density at radius 2 is 1.89 bits per heavy atom. The second kappa shape index (κ2) is 5.00. The number of piperidine rings is 1. The summed E-state index contributed by atoms with van der Waals surface area (Å²) >= 11 is 5.71. The second-order valence-corrected chi connectivity index (χ2v) is 4.83. The average Bonchev–Trinajstić information content (AvgIpc) is 2.83. The van der Waals surface area contributed by atoms with Crippen LogP contribution in [0.4, 0.5) is 11.9 Å². The molecule has 0 bridgehead atoms. The fourth-order valence-electron chi connectivity index (χ4n) is 2.13. The molecule has 2 aromatic rings. The van der Waals surface area contributed by atoms with Crippen LogP contribution in [0, 0.1) is 0 Å². The molecule has 1 saturated heterocycles. The van der Waals surface area contributed by atoms with Gasteiger partial charge in [-0.3, -0.25) is 0 Å². The molecule has 1 aliphatic heterocycles. The normalized spacial score (nSPS) is 15.7. The number of nitrogens with zero attached hydrogens (tertiary/aromatic N) is 6. The zero-order chi connectivity index (χ0) is 13.2. The molecule has 3 heterocycles. The van der Waals surface area contributed by atoms with Gasteiger partial charge in [0.05, 0.1) is 0 Å². The molecule has 100 valence electrons. The van der Waals surface area contributed by atoms with Crippen LogP contribution in [0.3, 0.4) is 0 Å². The Kier molecular flexibility index (Phi) is 3.20. The van der Waals surface area contributed by atoms with E-state index in [-0.39, 0.29) is 0 Å². The van der Waals surface area contributed by atoms with Crippen LogP contribution in [0.5, 0.6) is 0 Å². The second-order valence-electron chi connectivity index (χ2n) is 4.44. The maximum absolute atomic E-state index is 5.88. The van der Waals surface area contributed by atoms with Gasteiger partial charge in [0.2, 0.25) is 11.9 Å². The third-order valence-corrected chi connectivity index (χ3v) is 3.30. The van der Waals surface area contributed by atoms with Crippen molar-refractivity contribution in [3.05, 3.63) is 17.3 Å². The van der Waals surface area contributed by atoms with Crippen molar-refractivity contribution < 1.29 is 0 Å². The van der Waals surface area contributed by atoms with E-state index >= 15 is 0 Å². The van der Waals surface area contributed by atoms with Gasteiger partial charge in [-0.2, -0.15) is 9.67 Å². The maximum Gasteiger partial charge on any atom is 0.247 e. The Hall–Kier alpha value is -1.89. The summed E-state index contributed by atoms with van der Waals surface area (Å²) in [7, 11) is 0. The zero-order valence-corrected chi connectivity index (χ0v) is 11.1. The van der Waals surface area contributed by atoms with Gasteiger partial charge in [0.1, 0.15) is 0 Å². The number of aromatic nitrogens is 5. The minimum atomic E-state index is 0.303. The number of anilines is 2. The fraction of sp³-hybridized carbons (Fsp3) is 0.455. The van der Waals surface area contributed by atoms with Crippen LogP contribution in [0.15, 0.2) is 12.1 Å². The molecule has 0 aliphatic carbocycles. The molecule has 0 aromatic carbocycles. The van der Waals surface area contributed by atoms with Crippen LogP contribution in [0.25, 0.3) is 5.82 Å². The van der Waals surface area contributed by atoms with Gasteiger partial charge in [0.25, 0.3) is 0 Å². The van der Waals surface area contributed by atoms with Crippen LogP contribution < -0.4 is 10.6 Å². The van der Waals surface area contributed by atoms with Crippen LogP contribution in [0.2, 0.25) is 5.15 Å². The SMILES string of the molecule is Nc1nc(N2CCCCC2)nn1-c1ccc(Cl)nn1. The molecule has 0 amide bonds. The van der Waals surface area contributed by atoms with Crippen molar-refractivity contribution in [3.8, 4) is 5.82 Å². The first-order valence-corrected chi connectivity index (χ1v) is 6.59. The van der Waals surface area contributed by atoms with Gasteiger partial charge in [-0.1, -0.05) is 11.6 Å². The lowest BCUT2D eigenvalue weighted by Gasteiger charge is -2.24. The van der Waals surface area contributed by atoms with Crippen molar-refractivity contribution in [1.82, 2.24) is 25.0 Å². The van der Waals surface area contributed by atoms with E-state index in [4.69, 9.17) is 17.3 Å². The highest BCUT2D eigenvalue weighted by atomic mass is 35.5. The first-order valence-electron chi connectivity index (χ1n) is 6.21. The molecular formula is C11H14ClN7. The number of nitrogen functional groups attached to an aromatic ring is 1. The maximum atomic E-state index is 5.88. The molecule has 0 spiro atoms. The molecule has 2 aromatic heterocycles. The lowest BCUT2D eigenvalue weighted by atomic mass is 10.1. The molecule has 19 heavy (non-hydrogen) atoms. The van der Waals surface area contributed by atoms with Crippen LogP contribution in [0.1, 0.15) is 19.3 Å². The number of hydrogen-bond acceptors (Lipinski definition) is 6. The molecule has 0 saturated carbocycles. The summed E-state index contributed by atoms with van der Waals surface area (Å²) in [4.78, 5) is 6.43. The topological polar surface area (TPSA) is 85.8 Å². The number of nitrogens with two attached hydrogens (primary N) is 1. The molecule has 3 rings (SSSR count). The Bertz CT molecular complexity index is 559. The summed E-state index contributed by atoms with van der Waals surface area (Å²) in [6.45, 7) is 1.94. The predicted octanol–water partition coefficient (Wildman–Crippen LogP) is 1.28. The molecule has 0 atom stereocenters. The summed E-state index contributed by atoms with van der Waals surface area (Å²) in [5.41, 5.74) is 5.88. The van der Waals surface area contributed by atoms with Gasteiger partial charge in [-0.05, 0) is 31.4 Å². The highest BCUT2D eigenvalue weighted by molar-refractivity contribution is 6.29. The minimum absolute atomic E-state index is 0.303. The van der Waals surface area contributed by atoms with Crippen LogP contribution in [-0.4, -0.2) is 38.1 Å². The standard InChI is InChI=1S/C11H14ClN7/c12-8-4-5-9(16-15-8)19-10(13)14-11(17-19)18-6-2-1-3-7-18/h4-5H,1-3,6-7H2,(H2,13,14,17). The van der Waals surface area contributed by atoms with Gasteiger partial charge < -0.3 is 10.6 Å². The summed E-state index contributed by atoms with van der Waals surface area (Å²) in [6.07, 6.45) is 3.58. The molecule has 1 fully saturated rings. The van der Waals surface area contributed by atoms with E-state index in [1.54, 1.807) is 12.1 Å². The third-order valence-electron chi connectivity index (χ3n) is 3.09. The van der Waals surface area contributed by atoms with E-state index in [2.05, 4.69) is 25.2 Å². The highest BCUT2D eigenvalue weighted by Gasteiger charge is 2.18. The van der Waals surface area contributed by atoms with Crippen LogP contribution in [-0.2, 0) is 0 Å². The average molecular weight is 280 g/mol. The van der Waals surface area contributed by atoms with Crippen molar-refractivity contribution in [2.24, 2.45) is 0 Å². The monoisotopic (exact) mass is 279 g/mol. The third kappa shape index (κ3) is 2.46. The van der Waals surface area contributed by atoms with Gasteiger partial charge >= 0.3 is 0 Å². The number of rotatable bonds is 2. The molecular weight excluding hydrogens is 266 g/mol. The molecule has 7 nitrogen and oxygen atoms in total. The first kappa shape index (κ1) is 12.2. The van der Waals surface area contributed by atoms with E-state index in [0.717, 1.165) is 25.9 Å². The Morgan fingerprint density at radius 1 is 1.11 bits per heavy atom. The molecule has 2 N–H and O–H groups in total.